The van der Waals surface area contributed by atoms with Gasteiger partial charge in [-0.3, -0.25) is 4.68 Å². The molecule has 0 bridgehead atoms. The van der Waals surface area contributed by atoms with Crippen LogP contribution in [0.3, 0.4) is 0 Å². The SMILES string of the molecule is CCOCCCC(N)Cc1ccn(C(C)CC)n1. The van der Waals surface area contributed by atoms with E-state index in [0.717, 1.165) is 44.6 Å². The van der Waals surface area contributed by atoms with Crippen LogP contribution >= 0.6 is 0 Å². The van der Waals surface area contributed by atoms with Gasteiger partial charge in [0, 0.05) is 37.9 Å². The van der Waals surface area contributed by atoms with Gasteiger partial charge in [-0.25, -0.2) is 0 Å². The molecule has 0 amide bonds. The third-order valence-corrected chi connectivity index (χ3v) is 3.25. The minimum atomic E-state index is 0.186. The van der Waals surface area contributed by atoms with Crippen LogP contribution in [0.2, 0.25) is 0 Å². The van der Waals surface area contributed by atoms with Gasteiger partial charge in [0.2, 0.25) is 0 Å². The number of ether oxygens (including phenoxy) is 1. The predicted octanol–water partition coefficient (Wildman–Crippen LogP) is 2.54. The van der Waals surface area contributed by atoms with Crippen molar-refractivity contribution in [1.29, 1.82) is 0 Å². The van der Waals surface area contributed by atoms with Crippen molar-refractivity contribution in [2.24, 2.45) is 5.73 Å². The quantitative estimate of drug-likeness (QED) is 0.688. The van der Waals surface area contributed by atoms with E-state index in [-0.39, 0.29) is 6.04 Å². The molecule has 18 heavy (non-hydrogen) atoms. The first-order chi connectivity index (χ1) is 8.67. The van der Waals surface area contributed by atoms with E-state index in [1.54, 1.807) is 0 Å². The zero-order valence-corrected chi connectivity index (χ0v) is 11.9. The van der Waals surface area contributed by atoms with Crippen LogP contribution in [0.15, 0.2) is 12.3 Å². The highest BCUT2D eigenvalue weighted by atomic mass is 16.5. The van der Waals surface area contributed by atoms with Crippen LogP contribution in [0, 0.1) is 0 Å². The van der Waals surface area contributed by atoms with Crippen LogP contribution in [0.25, 0.3) is 0 Å². The third-order valence-electron chi connectivity index (χ3n) is 3.25. The average molecular weight is 253 g/mol. The van der Waals surface area contributed by atoms with Crippen molar-refractivity contribution in [2.75, 3.05) is 13.2 Å². The van der Waals surface area contributed by atoms with Gasteiger partial charge in [-0.15, -0.1) is 0 Å². The molecule has 0 aliphatic heterocycles. The zero-order valence-electron chi connectivity index (χ0n) is 11.9. The second kappa shape index (κ2) is 8.27. The summed E-state index contributed by atoms with van der Waals surface area (Å²) in [5, 5.41) is 4.57. The second-order valence-corrected chi connectivity index (χ2v) is 4.85. The molecule has 0 aliphatic rings. The third kappa shape index (κ3) is 5.19. The van der Waals surface area contributed by atoms with Crippen LogP contribution in [0.5, 0.6) is 0 Å². The summed E-state index contributed by atoms with van der Waals surface area (Å²) in [5.74, 6) is 0. The Hall–Kier alpha value is -0.870. The van der Waals surface area contributed by atoms with E-state index in [1.807, 2.05) is 11.6 Å². The van der Waals surface area contributed by atoms with E-state index in [0.29, 0.717) is 6.04 Å². The Bertz CT molecular complexity index is 325. The van der Waals surface area contributed by atoms with Crippen molar-refractivity contribution in [3.63, 3.8) is 0 Å². The maximum absolute atomic E-state index is 6.10. The van der Waals surface area contributed by atoms with Crippen molar-refractivity contribution < 1.29 is 4.74 Å². The Balaban J connectivity index is 2.30. The first-order valence-electron chi connectivity index (χ1n) is 7.04. The molecule has 4 heteroatoms. The van der Waals surface area contributed by atoms with Crippen molar-refractivity contribution >= 4 is 0 Å². The van der Waals surface area contributed by atoms with Gasteiger partial charge in [-0.1, -0.05) is 6.92 Å². The molecule has 0 radical (unpaired) electrons. The summed E-state index contributed by atoms with van der Waals surface area (Å²) in [5.41, 5.74) is 7.20. The summed E-state index contributed by atoms with van der Waals surface area (Å²) in [4.78, 5) is 0. The second-order valence-electron chi connectivity index (χ2n) is 4.85. The molecule has 0 saturated heterocycles. The van der Waals surface area contributed by atoms with Gasteiger partial charge >= 0.3 is 0 Å². The Labute approximate surface area is 111 Å². The Kier molecular flexibility index (Phi) is 6.98. The number of nitrogens with zero attached hydrogens (tertiary/aromatic N) is 2. The van der Waals surface area contributed by atoms with Crippen molar-refractivity contribution in [3.8, 4) is 0 Å². The van der Waals surface area contributed by atoms with Gasteiger partial charge in [0.05, 0.1) is 5.69 Å². The number of rotatable bonds is 9. The normalized spacial score (nSPS) is 14.7. The topological polar surface area (TPSA) is 53.1 Å². The molecular weight excluding hydrogens is 226 g/mol. The standard InChI is InChI=1S/C14H27N3O/c1-4-12(3)17-9-8-14(16-17)11-13(15)7-6-10-18-5-2/h8-9,12-13H,4-7,10-11,15H2,1-3H3. The summed E-state index contributed by atoms with van der Waals surface area (Å²) in [6.45, 7) is 7.96. The number of hydrogen-bond acceptors (Lipinski definition) is 3. The molecule has 0 saturated carbocycles. The maximum atomic E-state index is 6.10. The monoisotopic (exact) mass is 253 g/mol. The molecule has 2 N–H and O–H groups in total. The first-order valence-corrected chi connectivity index (χ1v) is 7.04. The largest absolute Gasteiger partial charge is 0.382 e. The molecule has 4 nitrogen and oxygen atoms in total. The fourth-order valence-corrected chi connectivity index (χ4v) is 1.88. The van der Waals surface area contributed by atoms with E-state index >= 15 is 0 Å². The molecule has 0 fully saturated rings. The van der Waals surface area contributed by atoms with E-state index in [2.05, 4.69) is 31.2 Å². The Morgan fingerprint density at radius 2 is 2.22 bits per heavy atom. The highest BCUT2D eigenvalue weighted by Crippen LogP contribution is 2.11. The average Bonchev–Trinajstić information content (AvgIpc) is 2.82. The lowest BCUT2D eigenvalue weighted by molar-refractivity contribution is 0.142. The lowest BCUT2D eigenvalue weighted by atomic mass is 10.1. The molecule has 0 aliphatic carbocycles. The predicted molar refractivity (Wildman–Crippen MR) is 74.6 cm³/mol. The summed E-state index contributed by atoms with van der Waals surface area (Å²) >= 11 is 0. The minimum absolute atomic E-state index is 0.186. The molecule has 0 aromatic carbocycles. The Morgan fingerprint density at radius 1 is 1.44 bits per heavy atom. The molecular formula is C14H27N3O. The molecule has 1 rings (SSSR count). The molecule has 0 spiro atoms. The lowest BCUT2D eigenvalue weighted by Crippen LogP contribution is -2.23. The number of hydrogen-bond donors (Lipinski definition) is 1. The molecule has 1 aromatic rings. The molecule has 1 heterocycles. The number of nitrogens with two attached hydrogens (primary N) is 1. The van der Waals surface area contributed by atoms with Crippen LogP contribution in [-0.2, 0) is 11.2 Å². The molecule has 1 aromatic heterocycles. The highest BCUT2D eigenvalue weighted by molar-refractivity contribution is 5.01. The zero-order chi connectivity index (χ0) is 13.4. The fourth-order valence-electron chi connectivity index (χ4n) is 1.88. The summed E-state index contributed by atoms with van der Waals surface area (Å²) in [7, 11) is 0. The summed E-state index contributed by atoms with van der Waals surface area (Å²) in [6, 6.07) is 2.73. The van der Waals surface area contributed by atoms with Crippen molar-refractivity contribution in [1.82, 2.24) is 9.78 Å². The molecule has 2 atom stereocenters. The highest BCUT2D eigenvalue weighted by Gasteiger charge is 2.08. The number of aromatic nitrogens is 2. The summed E-state index contributed by atoms with van der Waals surface area (Å²) in [6.07, 6.45) is 6.03. The minimum Gasteiger partial charge on any atom is -0.382 e. The Morgan fingerprint density at radius 3 is 2.89 bits per heavy atom. The van der Waals surface area contributed by atoms with E-state index in [9.17, 15) is 0 Å². The van der Waals surface area contributed by atoms with Gasteiger partial charge in [-0.05, 0) is 39.2 Å². The van der Waals surface area contributed by atoms with Crippen LogP contribution < -0.4 is 5.73 Å². The van der Waals surface area contributed by atoms with Gasteiger partial charge < -0.3 is 10.5 Å². The van der Waals surface area contributed by atoms with E-state index < -0.39 is 0 Å². The maximum Gasteiger partial charge on any atom is 0.0640 e. The van der Waals surface area contributed by atoms with Crippen LogP contribution in [0.4, 0.5) is 0 Å². The van der Waals surface area contributed by atoms with Crippen molar-refractivity contribution in [3.05, 3.63) is 18.0 Å². The summed E-state index contributed by atoms with van der Waals surface area (Å²) < 4.78 is 7.34. The van der Waals surface area contributed by atoms with Crippen LogP contribution in [-0.4, -0.2) is 29.0 Å². The van der Waals surface area contributed by atoms with Crippen molar-refractivity contribution in [2.45, 2.75) is 58.5 Å². The van der Waals surface area contributed by atoms with Gasteiger partial charge in [0.25, 0.3) is 0 Å². The molecule has 2 unspecified atom stereocenters. The van der Waals surface area contributed by atoms with Gasteiger partial charge in [0.1, 0.15) is 0 Å². The molecule has 104 valence electrons. The van der Waals surface area contributed by atoms with Gasteiger partial charge in [-0.2, -0.15) is 5.10 Å². The van der Waals surface area contributed by atoms with E-state index in [4.69, 9.17) is 10.5 Å². The first kappa shape index (κ1) is 15.2. The van der Waals surface area contributed by atoms with Gasteiger partial charge in [0.15, 0.2) is 0 Å². The van der Waals surface area contributed by atoms with Crippen LogP contribution in [0.1, 0.15) is 51.8 Å². The fraction of sp³-hybridized carbons (Fsp3) is 0.786. The lowest BCUT2D eigenvalue weighted by Gasteiger charge is -2.11. The van der Waals surface area contributed by atoms with E-state index in [1.165, 1.54) is 0 Å². The smallest absolute Gasteiger partial charge is 0.0640 e.